The molecule has 1 saturated heterocycles. The standard InChI is InChI=1S/C15H16N2O4/c16-14-12(15(19)17-8-11-2-1-5-20-11)6-9-3-4-10(18)7-13(9)21-14/h3-4,6-7,11,16,18H,1-2,5,8H2,(H,17,19). The lowest BCUT2D eigenvalue weighted by molar-refractivity contribution is 0.0854. The Bertz CT molecular complexity index is 732. The van der Waals surface area contributed by atoms with Crippen LogP contribution in [0.3, 0.4) is 0 Å². The Balaban J connectivity index is 1.82. The predicted octanol–water partition coefficient (Wildman–Crippen LogP) is 1.53. The molecule has 2 heterocycles. The number of ether oxygens (including phenoxy) is 1. The summed E-state index contributed by atoms with van der Waals surface area (Å²) in [6.45, 7) is 1.17. The zero-order valence-electron chi connectivity index (χ0n) is 11.4. The number of hydrogen-bond acceptors (Lipinski definition) is 5. The maximum atomic E-state index is 12.1. The number of phenolic OH excluding ortho intramolecular Hbond substituents is 1. The lowest BCUT2D eigenvalue weighted by atomic mass is 10.1. The summed E-state index contributed by atoms with van der Waals surface area (Å²) in [5.74, 6) is -0.296. The third-order valence-electron chi connectivity index (χ3n) is 3.51. The van der Waals surface area contributed by atoms with Crippen LogP contribution in [0.5, 0.6) is 5.75 Å². The number of nitrogens with one attached hydrogen (secondary N) is 2. The molecule has 1 fully saturated rings. The average Bonchev–Trinajstić information content (AvgIpc) is 2.97. The second kappa shape index (κ2) is 5.57. The molecule has 0 spiro atoms. The maximum absolute atomic E-state index is 12.1. The van der Waals surface area contributed by atoms with Gasteiger partial charge in [0.15, 0.2) is 0 Å². The molecule has 21 heavy (non-hydrogen) atoms. The van der Waals surface area contributed by atoms with E-state index in [0.717, 1.165) is 19.4 Å². The third-order valence-corrected chi connectivity index (χ3v) is 3.51. The number of carbonyl (C=O) groups excluding carboxylic acids is 1. The van der Waals surface area contributed by atoms with Gasteiger partial charge in [-0.2, -0.15) is 0 Å². The zero-order valence-corrected chi connectivity index (χ0v) is 11.4. The van der Waals surface area contributed by atoms with E-state index >= 15 is 0 Å². The molecule has 0 saturated carbocycles. The van der Waals surface area contributed by atoms with E-state index in [4.69, 9.17) is 14.6 Å². The largest absolute Gasteiger partial charge is 0.508 e. The van der Waals surface area contributed by atoms with Gasteiger partial charge < -0.3 is 19.6 Å². The van der Waals surface area contributed by atoms with E-state index in [1.165, 1.54) is 12.1 Å². The second-order valence-corrected chi connectivity index (χ2v) is 5.06. The van der Waals surface area contributed by atoms with Crippen LogP contribution < -0.4 is 10.9 Å². The van der Waals surface area contributed by atoms with Crippen LogP contribution in [0.1, 0.15) is 23.2 Å². The number of carbonyl (C=O) groups is 1. The zero-order chi connectivity index (χ0) is 14.8. The minimum absolute atomic E-state index is 0.0532. The molecule has 1 amide bonds. The Morgan fingerprint density at radius 1 is 1.43 bits per heavy atom. The summed E-state index contributed by atoms with van der Waals surface area (Å²) in [6.07, 6.45) is 2.01. The average molecular weight is 288 g/mol. The van der Waals surface area contributed by atoms with Crippen molar-refractivity contribution >= 4 is 16.9 Å². The summed E-state index contributed by atoms with van der Waals surface area (Å²) < 4.78 is 10.7. The van der Waals surface area contributed by atoms with Gasteiger partial charge in [-0.25, -0.2) is 0 Å². The van der Waals surface area contributed by atoms with E-state index in [0.29, 0.717) is 17.5 Å². The molecule has 3 rings (SSSR count). The van der Waals surface area contributed by atoms with Crippen LogP contribution in [-0.2, 0) is 4.74 Å². The molecule has 0 bridgehead atoms. The van der Waals surface area contributed by atoms with Crippen molar-refractivity contribution in [3.63, 3.8) is 0 Å². The molecule has 1 unspecified atom stereocenters. The maximum Gasteiger partial charge on any atom is 0.256 e. The van der Waals surface area contributed by atoms with Gasteiger partial charge >= 0.3 is 0 Å². The Hall–Kier alpha value is -2.34. The highest BCUT2D eigenvalue weighted by molar-refractivity contribution is 5.96. The van der Waals surface area contributed by atoms with Crippen molar-refractivity contribution < 1.29 is 19.1 Å². The van der Waals surface area contributed by atoms with Gasteiger partial charge in [0.05, 0.1) is 6.10 Å². The van der Waals surface area contributed by atoms with Crippen LogP contribution in [0.25, 0.3) is 11.0 Å². The van der Waals surface area contributed by atoms with E-state index in [2.05, 4.69) is 5.32 Å². The van der Waals surface area contributed by atoms with E-state index in [1.54, 1.807) is 12.1 Å². The van der Waals surface area contributed by atoms with Gasteiger partial charge in [-0.15, -0.1) is 0 Å². The summed E-state index contributed by atoms with van der Waals surface area (Å²) in [4.78, 5) is 12.1. The molecule has 1 aliphatic rings. The molecule has 1 atom stereocenters. The molecule has 6 heteroatoms. The fourth-order valence-electron chi connectivity index (χ4n) is 2.39. The number of amides is 1. The number of hydrogen-bond donors (Lipinski definition) is 3. The van der Waals surface area contributed by atoms with Crippen molar-refractivity contribution in [1.82, 2.24) is 5.32 Å². The van der Waals surface area contributed by atoms with Gasteiger partial charge in [0.1, 0.15) is 16.9 Å². The van der Waals surface area contributed by atoms with Crippen molar-refractivity contribution in [2.75, 3.05) is 13.2 Å². The summed E-state index contributed by atoms with van der Waals surface area (Å²) >= 11 is 0. The van der Waals surface area contributed by atoms with Gasteiger partial charge in [-0.05, 0) is 31.0 Å². The number of rotatable bonds is 3. The van der Waals surface area contributed by atoms with E-state index < -0.39 is 0 Å². The molecule has 0 aliphatic carbocycles. The highest BCUT2D eigenvalue weighted by Crippen LogP contribution is 2.19. The van der Waals surface area contributed by atoms with Gasteiger partial charge in [0.2, 0.25) is 5.55 Å². The Morgan fingerprint density at radius 2 is 2.29 bits per heavy atom. The van der Waals surface area contributed by atoms with Crippen molar-refractivity contribution in [3.05, 3.63) is 35.4 Å². The van der Waals surface area contributed by atoms with Crippen molar-refractivity contribution in [2.45, 2.75) is 18.9 Å². The summed E-state index contributed by atoms with van der Waals surface area (Å²) in [5, 5.41) is 20.6. The minimum Gasteiger partial charge on any atom is -0.508 e. The Kier molecular flexibility index (Phi) is 3.62. The summed E-state index contributed by atoms with van der Waals surface area (Å²) in [7, 11) is 0. The van der Waals surface area contributed by atoms with Crippen LogP contribution in [0.15, 0.2) is 28.7 Å². The van der Waals surface area contributed by atoms with E-state index in [1.807, 2.05) is 0 Å². The van der Waals surface area contributed by atoms with Crippen molar-refractivity contribution in [3.8, 4) is 5.75 Å². The first-order valence-electron chi connectivity index (χ1n) is 6.85. The number of aromatic hydroxyl groups is 1. The van der Waals surface area contributed by atoms with Crippen molar-refractivity contribution in [2.24, 2.45) is 0 Å². The van der Waals surface area contributed by atoms with Crippen molar-refractivity contribution in [1.29, 1.82) is 5.41 Å². The lowest BCUT2D eigenvalue weighted by Crippen LogP contribution is -2.34. The molecule has 2 aromatic rings. The molecular weight excluding hydrogens is 272 g/mol. The third kappa shape index (κ3) is 2.90. The lowest BCUT2D eigenvalue weighted by Gasteiger charge is -2.10. The predicted molar refractivity (Wildman–Crippen MR) is 75.0 cm³/mol. The molecular formula is C15H16N2O4. The summed E-state index contributed by atoms with van der Waals surface area (Å²) in [6, 6.07) is 6.16. The Morgan fingerprint density at radius 3 is 3.05 bits per heavy atom. The van der Waals surface area contributed by atoms with Crippen LogP contribution in [0.4, 0.5) is 0 Å². The molecule has 3 N–H and O–H groups in total. The fraction of sp³-hybridized carbons (Fsp3) is 0.333. The van der Waals surface area contributed by atoms with E-state index in [9.17, 15) is 9.90 Å². The van der Waals surface area contributed by atoms with Gasteiger partial charge in [0, 0.05) is 24.6 Å². The highest BCUT2D eigenvalue weighted by atomic mass is 16.5. The molecule has 1 aromatic carbocycles. The van der Waals surface area contributed by atoms with Crippen LogP contribution in [-0.4, -0.2) is 30.3 Å². The molecule has 0 radical (unpaired) electrons. The van der Waals surface area contributed by atoms with Crippen LogP contribution >= 0.6 is 0 Å². The van der Waals surface area contributed by atoms with Crippen LogP contribution in [0, 0.1) is 5.41 Å². The summed E-state index contributed by atoms with van der Waals surface area (Å²) in [5.41, 5.74) is 0.319. The van der Waals surface area contributed by atoms with Gasteiger partial charge in [-0.1, -0.05) is 0 Å². The first kappa shape index (κ1) is 13.6. The highest BCUT2D eigenvalue weighted by Gasteiger charge is 2.18. The molecule has 110 valence electrons. The first-order chi connectivity index (χ1) is 10.1. The topological polar surface area (TPSA) is 95.5 Å². The normalized spacial score (nSPS) is 18.0. The number of fused-ring (bicyclic) bond motifs is 1. The SMILES string of the molecule is N=c1oc2cc(O)ccc2cc1C(=O)NCC1CCCO1. The monoisotopic (exact) mass is 288 g/mol. The second-order valence-electron chi connectivity index (χ2n) is 5.06. The molecule has 1 aromatic heterocycles. The molecule has 6 nitrogen and oxygen atoms in total. The number of benzene rings is 1. The number of phenols is 1. The van der Waals surface area contributed by atoms with E-state index in [-0.39, 0.29) is 28.9 Å². The first-order valence-corrected chi connectivity index (χ1v) is 6.85. The molecule has 1 aliphatic heterocycles. The smallest absolute Gasteiger partial charge is 0.256 e. The Labute approximate surface area is 120 Å². The quantitative estimate of drug-likeness (QED) is 0.798. The fourth-order valence-corrected chi connectivity index (χ4v) is 2.39. The van der Waals surface area contributed by atoms with Crippen LogP contribution in [0.2, 0.25) is 0 Å². The van der Waals surface area contributed by atoms with Gasteiger partial charge in [-0.3, -0.25) is 10.2 Å². The van der Waals surface area contributed by atoms with Gasteiger partial charge in [0.25, 0.3) is 5.91 Å². The minimum atomic E-state index is -0.353.